The van der Waals surface area contributed by atoms with Gasteiger partial charge < -0.3 is 15.7 Å². The normalized spacial score (nSPS) is 22.6. The van der Waals surface area contributed by atoms with Crippen LogP contribution in [0.4, 0.5) is 0 Å². The third-order valence-electron chi connectivity index (χ3n) is 3.77. The minimum Gasteiger partial charge on any atom is -0.391 e. The molecule has 0 aliphatic carbocycles. The molecule has 0 bridgehead atoms. The van der Waals surface area contributed by atoms with E-state index in [2.05, 4.69) is 10.6 Å². The quantitative estimate of drug-likeness (QED) is 0.718. The third kappa shape index (κ3) is 3.96. The SMILES string of the molecule is CCS(=O)(=O)c1c(Cl)cccc1CNCC1CNCC1O. The molecule has 21 heavy (non-hydrogen) atoms. The molecule has 1 fully saturated rings. The molecule has 2 unspecified atom stereocenters. The van der Waals surface area contributed by atoms with Crippen LogP contribution in [-0.2, 0) is 16.4 Å². The second-order valence-electron chi connectivity index (χ2n) is 5.25. The first kappa shape index (κ1) is 16.7. The number of benzene rings is 1. The molecule has 1 aliphatic rings. The predicted molar refractivity (Wildman–Crippen MR) is 83.3 cm³/mol. The van der Waals surface area contributed by atoms with Crippen LogP contribution in [0.25, 0.3) is 0 Å². The van der Waals surface area contributed by atoms with Gasteiger partial charge in [-0.3, -0.25) is 0 Å². The van der Waals surface area contributed by atoms with Crippen LogP contribution in [-0.4, -0.2) is 45.0 Å². The van der Waals surface area contributed by atoms with Crippen molar-refractivity contribution >= 4 is 21.4 Å². The highest BCUT2D eigenvalue weighted by Gasteiger charge is 2.25. The molecule has 1 aliphatic heterocycles. The molecular formula is C14H21ClN2O3S. The summed E-state index contributed by atoms with van der Waals surface area (Å²) < 4.78 is 24.3. The Morgan fingerprint density at radius 1 is 1.43 bits per heavy atom. The van der Waals surface area contributed by atoms with Crippen LogP contribution < -0.4 is 10.6 Å². The highest BCUT2D eigenvalue weighted by atomic mass is 35.5. The Hall–Kier alpha value is -0.660. The molecule has 0 aromatic heterocycles. The molecule has 3 N–H and O–H groups in total. The predicted octanol–water partition coefficient (Wildman–Crippen LogP) is 0.804. The maximum atomic E-state index is 12.2. The Morgan fingerprint density at radius 2 is 2.19 bits per heavy atom. The van der Waals surface area contributed by atoms with Crippen LogP contribution in [0.2, 0.25) is 5.02 Å². The van der Waals surface area contributed by atoms with E-state index in [4.69, 9.17) is 11.6 Å². The van der Waals surface area contributed by atoms with Gasteiger partial charge >= 0.3 is 0 Å². The summed E-state index contributed by atoms with van der Waals surface area (Å²) in [6, 6.07) is 5.11. The summed E-state index contributed by atoms with van der Waals surface area (Å²) in [4.78, 5) is 0.215. The lowest BCUT2D eigenvalue weighted by atomic mass is 10.1. The Kier molecular flexibility index (Phi) is 5.62. The van der Waals surface area contributed by atoms with Crippen molar-refractivity contribution in [3.63, 3.8) is 0 Å². The maximum absolute atomic E-state index is 12.2. The first-order valence-corrected chi connectivity index (χ1v) is 9.08. The minimum absolute atomic E-state index is 0.0228. The third-order valence-corrected chi connectivity index (χ3v) is 6.06. The lowest BCUT2D eigenvalue weighted by Crippen LogP contribution is -2.30. The van der Waals surface area contributed by atoms with E-state index in [1.807, 2.05) is 0 Å². The Balaban J connectivity index is 2.08. The number of β-amino-alcohol motifs (C(OH)–C–C–N with tert-alkyl or cyclic N) is 1. The smallest absolute Gasteiger partial charge is 0.179 e. The molecule has 5 nitrogen and oxygen atoms in total. The fraction of sp³-hybridized carbons (Fsp3) is 0.571. The summed E-state index contributed by atoms with van der Waals surface area (Å²) >= 11 is 6.06. The summed E-state index contributed by atoms with van der Waals surface area (Å²) in [6.45, 7) is 4.03. The number of nitrogens with one attached hydrogen (secondary N) is 2. The largest absolute Gasteiger partial charge is 0.391 e. The number of aliphatic hydroxyl groups is 1. The van der Waals surface area contributed by atoms with Gasteiger partial charge in [0.25, 0.3) is 0 Å². The molecule has 1 aromatic carbocycles. The van der Waals surface area contributed by atoms with Gasteiger partial charge in [-0.25, -0.2) is 8.42 Å². The molecule has 1 saturated heterocycles. The van der Waals surface area contributed by atoms with E-state index in [9.17, 15) is 13.5 Å². The van der Waals surface area contributed by atoms with Gasteiger partial charge in [0.2, 0.25) is 0 Å². The molecule has 0 amide bonds. The molecule has 2 rings (SSSR count). The van der Waals surface area contributed by atoms with Gasteiger partial charge in [-0.05, 0) is 11.6 Å². The Bertz CT molecular complexity index is 592. The first-order chi connectivity index (χ1) is 9.95. The van der Waals surface area contributed by atoms with Crippen LogP contribution in [0.15, 0.2) is 23.1 Å². The zero-order valence-corrected chi connectivity index (χ0v) is 13.5. The van der Waals surface area contributed by atoms with E-state index >= 15 is 0 Å². The van der Waals surface area contributed by atoms with Crippen molar-refractivity contribution in [2.24, 2.45) is 5.92 Å². The van der Waals surface area contributed by atoms with Crippen molar-refractivity contribution in [1.82, 2.24) is 10.6 Å². The zero-order valence-electron chi connectivity index (χ0n) is 12.0. The highest BCUT2D eigenvalue weighted by Crippen LogP contribution is 2.26. The fourth-order valence-corrected chi connectivity index (χ4v) is 4.25. The number of halogens is 1. The van der Waals surface area contributed by atoms with E-state index in [1.54, 1.807) is 25.1 Å². The molecule has 118 valence electrons. The van der Waals surface area contributed by atoms with Gasteiger partial charge in [0, 0.05) is 32.1 Å². The summed E-state index contributed by atoms with van der Waals surface area (Å²) in [5.74, 6) is 0.171. The fourth-order valence-electron chi connectivity index (χ4n) is 2.51. The number of aliphatic hydroxyl groups excluding tert-OH is 1. The lowest BCUT2D eigenvalue weighted by molar-refractivity contribution is 0.146. The van der Waals surface area contributed by atoms with Gasteiger partial charge in [0.15, 0.2) is 9.84 Å². The average molecular weight is 333 g/mol. The Morgan fingerprint density at radius 3 is 2.81 bits per heavy atom. The Labute approximate surface area is 130 Å². The van der Waals surface area contributed by atoms with Crippen molar-refractivity contribution in [2.75, 3.05) is 25.4 Å². The number of hydrogen-bond acceptors (Lipinski definition) is 5. The van der Waals surface area contributed by atoms with Crippen LogP contribution in [0, 0.1) is 5.92 Å². The standard InChI is InChI=1S/C14H21ClN2O3S/c1-2-21(19,20)14-10(4-3-5-12(14)15)6-16-7-11-8-17-9-13(11)18/h3-5,11,13,16-18H,2,6-9H2,1H3. The van der Waals surface area contributed by atoms with Gasteiger partial charge in [-0.15, -0.1) is 0 Å². The molecule has 0 spiro atoms. The van der Waals surface area contributed by atoms with Crippen LogP contribution in [0.3, 0.4) is 0 Å². The van der Waals surface area contributed by atoms with Crippen molar-refractivity contribution < 1.29 is 13.5 Å². The lowest BCUT2D eigenvalue weighted by Gasteiger charge is -2.16. The number of rotatable bonds is 6. The highest BCUT2D eigenvalue weighted by molar-refractivity contribution is 7.91. The maximum Gasteiger partial charge on any atom is 0.179 e. The summed E-state index contributed by atoms with van der Waals surface area (Å²) in [7, 11) is -3.35. The summed E-state index contributed by atoms with van der Waals surface area (Å²) in [6.07, 6.45) is -0.351. The van der Waals surface area contributed by atoms with Gasteiger partial charge in [-0.1, -0.05) is 30.7 Å². The molecule has 1 heterocycles. The number of hydrogen-bond donors (Lipinski definition) is 3. The molecular weight excluding hydrogens is 312 g/mol. The van der Waals surface area contributed by atoms with E-state index < -0.39 is 9.84 Å². The second-order valence-corrected chi connectivity index (χ2v) is 7.87. The first-order valence-electron chi connectivity index (χ1n) is 7.05. The van der Waals surface area contributed by atoms with Crippen molar-refractivity contribution in [2.45, 2.75) is 24.5 Å². The van der Waals surface area contributed by atoms with E-state index in [1.165, 1.54) is 0 Å². The van der Waals surface area contributed by atoms with Gasteiger partial charge in [-0.2, -0.15) is 0 Å². The van der Waals surface area contributed by atoms with E-state index in [0.29, 0.717) is 25.2 Å². The monoisotopic (exact) mass is 332 g/mol. The van der Waals surface area contributed by atoms with Crippen molar-refractivity contribution in [3.05, 3.63) is 28.8 Å². The second kappa shape index (κ2) is 7.07. The van der Waals surface area contributed by atoms with E-state index in [-0.39, 0.29) is 27.7 Å². The summed E-state index contributed by atoms with van der Waals surface area (Å²) in [5.41, 5.74) is 0.671. The van der Waals surface area contributed by atoms with Crippen LogP contribution >= 0.6 is 11.6 Å². The van der Waals surface area contributed by atoms with Crippen LogP contribution in [0.5, 0.6) is 0 Å². The van der Waals surface area contributed by atoms with Crippen LogP contribution in [0.1, 0.15) is 12.5 Å². The van der Waals surface area contributed by atoms with Gasteiger partial charge in [0.1, 0.15) is 0 Å². The number of sulfone groups is 1. The molecule has 2 atom stereocenters. The minimum atomic E-state index is -3.35. The zero-order chi connectivity index (χ0) is 15.5. The molecule has 7 heteroatoms. The van der Waals surface area contributed by atoms with Crippen molar-refractivity contribution in [3.8, 4) is 0 Å². The van der Waals surface area contributed by atoms with Gasteiger partial charge in [0.05, 0.1) is 21.8 Å². The topological polar surface area (TPSA) is 78.4 Å². The van der Waals surface area contributed by atoms with E-state index in [0.717, 1.165) is 6.54 Å². The molecule has 0 radical (unpaired) electrons. The molecule has 0 saturated carbocycles. The average Bonchev–Trinajstić information content (AvgIpc) is 2.84. The molecule has 1 aromatic rings. The van der Waals surface area contributed by atoms with Crippen molar-refractivity contribution in [1.29, 1.82) is 0 Å². The summed E-state index contributed by atoms with van der Waals surface area (Å²) in [5, 5.41) is 16.3.